The highest BCUT2D eigenvalue weighted by Gasteiger charge is 2.11. The number of rotatable bonds is 8. The van der Waals surface area contributed by atoms with Crippen LogP contribution in [0.5, 0.6) is 0 Å². The van der Waals surface area contributed by atoms with Gasteiger partial charge in [-0.3, -0.25) is 9.59 Å². The molecular formula is C20H23BrN4O3. The van der Waals surface area contributed by atoms with E-state index in [1.807, 2.05) is 49.4 Å². The van der Waals surface area contributed by atoms with Crippen molar-refractivity contribution in [3.05, 3.63) is 58.1 Å². The molecule has 0 bridgehead atoms. The van der Waals surface area contributed by atoms with Crippen LogP contribution >= 0.6 is 15.9 Å². The van der Waals surface area contributed by atoms with E-state index < -0.39 is 11.8 Å². The molecule has 0 radical (unpaired) electrons. The van der Waals surface area contributed by atoms with Gasteiger partial charge >= 0.3 is 11.8 Å². The van der Waals surface area contributed by atoms with E-state index in [9.17, 15) is 9.59 Å². The highest BCUT2D eigenvalue weighted by Crippen LogP contribution is 2.24. The summed E-state index contributed by atoms with van der Waals surface area (Å²) in [6.07, 6.45) is 2.11. The van der Waals surface area contributed by atoms with Crippen LogP contribution in [0.3, 0.4) is 0 Å². The lowest BCUT2D eigenvalue weighted by molar-refractivity contribution is -0.139. The molecule has 0 aliphatic heterocycles. The summed E-state index contributed by atoms with van der Waals surface area (Å²) in [5, 5.41) is 9.72. The van der Waals surface area contributed by atoms with Crippen molar-refractivity contribution in [1.82, 2.24) is 10.7 Å². The Balaban J connectivity index is 1.99. The number of aryl methyl sites for hydroxylation is 1. The van der Waals surface area contributed by atoms with E-state index in [2.05, 4.69) is 37.1 Å². The maximum absolute atomic E-state index is 11.8. The van der Waals surface area contributed by atoms with Gasteiger partial charge < -0.3 is 15.4 Å². The second kappa shape index (κ2) is 11.2. The smallest absolute Gasteiger partial charge is 0.329 e. The number of methoxy groups -OCH3 is 1. The molecule has 28 heavy (non-hydrogen) atoms. The number of halogens is 1. The van der Waals surface area contributed by atoms with Crippen molar-refractivity contribution in [3.63, 3.8) is 0 Å². The van der Waals surface area contributed by atoms with Crippen LogP contribution in [0, 0.1) is 6.92 Å². The summed E-state index contributed by atoms with van der Waals surface area (Å²) < 4.78 is 5.75. The Hall–Kier alpha value is -2.71. The lowest BCUT2D eigenvalue weighted by Crippen LogP contribution is -2.38. The summed E-state index contributed by atoms with van der Waals surface area (Å²) in [6, 6.07) is 13.6. The molecule has 0 aromatic heterocycles. The summed E-state index contributed by atoms with van der Waals surface area (Å²) in [6.45, 7) is 2.89. The van der Waals surface area contributed by atoms with Crippen molar-refractivity contribution in [2.24, 2.45) is 5.10 Å². The molecule has 0 heterocycles. The number of nitrogens with one attached hydrogen (secondary N) is 3. The number of benzene rings is 2. The van der Waals surface area contributed by atoms with Gasteiger partial charge in [0.05, 0.1) is 6.21 Å². The molecule has 0 atom stereocenters. The van der Waals surface area contributed by atoms with E-state index in [1.165, 1.54) is 6.21 Å². The van der Waals surface area contributed by atoms with E-state index in [1.54, 1.807) is 7.11 Å². The monoisotopic (exact) mass is 446 g/mol. The van der Waals surface area contributed by atoms with Crippen molar-refractivity contribution in [1.29, 1.82) is 0 Å². The number of carbonyl (C=O) groups is 2. The van der Waals surface area contributed by atoms with Crippen molar-refractivity contribution in [3.8, 4) is 0 Å². The van der Waals surface area contributed by atoms with Crippen molar-refractivity contribution >= 4 is 45.3 Å². The fourth-order valence-corrected chi connectivity index (χ4v) is 2.72. The Labute approximate surface area is 172 Å². The fraction of sp³-hybridized carbons (Fsp3) is 0.250. The highest BCUT2D eigenvalue weighted by molar-refractivity contribution is 9.10. The van der Waals surface area contributed by atoms with Crippen LogP contribution in [-0.4, -0.2) is 38.3 Å². The molecule has 2 rings (SSSR count). The summed E-state index contributed by atoms with van der Waals surface area (Å²) in [7, 11) is 1.58. The third kappa shape index (κ3) is 7.13. The molecule has 0 saturated heterocycles. The van der Waals surface area contributed by atoms with Gasteiger partial charge in [0.15, 0.2) is 0 Å². The molecule has 0 aliphatic carbocycles. The summed E-state index contributed by atoms with van der Waals surface area (Å²) in [5.41, 5.74) is 5.88. The topological polar surface area (TPSA) is 91.8 Å². The number of anilines is 2. The zero-order valence-corrected chi connectivity index (χ0v) is 17.4. The predicted octanol–water partition coefficient (Wildman–Crippen LogP) is 3.10. The minimum Gasteiger partial charge on any atom is -0.385 e. The Kier molecular flexibility index (Phi) is 8.64. The van der Waals surface area contributed by atoms with Gasteiger partial charge in [0.25, 0.3) is 0 Å². The normalized spacial score (nSPS) is 10.7. The zero-order chi connectivity index (χ0) is 20.4. The lowest BCUT2D eigenvalue weighted by Gasteiger charge is -2.10. The molecule has 0 fully saturated rings. The third-order valence-corrected chi connectivity index (χ3v) is 4.19. The van der Waals surface area contributed by atoms with Gasteiger partial charge in [-0.05, 0) is 49.2 Å². The van der Waals surface area contributed by atoms with Crippen molar-refractivity contribution < 1.29 is 14.3 Å². The van der Waals surface area contributed by atoms with Crippen LogP contribution in [-0.2, 0) is 14.3 Å². The first-order chi connectivity index (χ1) is 13.5. The first kappa shape index (κ1) is 21.6. The van der Waals surface area contributed by atoms with Gasteiger partial charge in [0, 0.05) is 41.7 Å². The van der Waals surface area contributed by atoms with Crippen LogP contribution < -0.4 is 16.1 Å². The lowest BCUT2D eigenvalue weighted by atomic mass is 10.1. The van der Waals surface area contributed by atoms with E-state index in [0.717, 1.165) is 27.0 Å². The Morgan fingerprint density at radius 1 is 1.18 bits per heavy atom. The number of hydrazone groups is 1. The number of hydrogen-bond donors (Lipinski definition) is 3. The highest BCUT2D eigenvalue weighted by atomic mass is 79.9. The maximum atomic E-state index is 11.8. The second-order valence-electron chi connectivity index (χ2n) is 6.03. The van der Waals surface area contributed by atoms with E-state index in [4.69, 9.17) is 4.74 Å². The van der Waals surface area contributed by atoms with Crippen molar-refractivity contribution in [2.75, 3.05) is 25.6 Å². The van der Waals surface area contributed by atoms with Gasteiger partial charge in [-0.2, -0.15) is 5.10 Å². The largest absolute Gasteiger partial charge is 0.385 e. The molecule has 0 spiro atoms. The summed E-state index contributed by atoms with van der Waals surface area (Å²) >= 11 is 3.43. The van der Waals surface area contributed by atoms with Gasteiger partial charge in [-0.15, -0.1) is 0 Å². The number of carbonyl (C=O) groups excluding carboxylic acids is 2. The first-order valence-electron chi connectivity index (χ1n) is 8.73. The van der Waals surface area contributed by atoms with Gasteiger partial charge in [-0.25, -0.2) is 5.43 Å². The quantitative estimate of drug-likeness (QED) is 0.251. The Morgan fingerprint density at radius 3 is 2.75 bits per heavy atom. The molecule has 2 aromatic rings. The fourth-order valence-electron chi connectivity index (χ4n) is 2.34. The van der Waals surface area contributed by atoms with Crippen molar-refractivity contribution in [2.45, 2.75) is 13.3 Å². The van der Waals surface area contributed by atoms with Crippen LogP contribution in [0.1, 0.15) is 17.5 Å². The Morgan fingerprint density at radius 2 is 2.00 bits per heavy atom. The molecule has 2 aromatic carbocycles. The van der Waals surface area contributed by atoms with Crippen LogP contribution in [0.2, 0.25) is 0 Å². The Bertz CT molecular complexity index is 855. The SMILES string of the molecule is COCCCNC(=O)C(=O)N/N=C\c1cc(Br)ccc1Nc1cccc(C)c1. The van der Waals surface area contributed by atoms with Gasteiger partial charge in [0.2, 0.25) is 0 Å². The molecule has 0 unspecified atom stereocenters. The number of hydrogen-bond acceptors (Lipinski definition) is 5. The second-order valence-corrected chi connectivity index (χ2v) is 6.94. The molecule has 2 amide bonds. The summed E-state index contributed by atoms with van der Waals surface area (Å²) in [4.78, 5) is 23.5. The molecule has 148 valence electrons. The molecule has 7 nitrogen and oxygen atoms in total. The molecule has 3 N–H and O–H groups in total. The van der Waals surface area contributed by atoms with E-state index >= 15 is 0 Å². The first-order valence-corrected chi connectivity index (χ1v) is 9.52. The molecular weight excluding hydrogens is 424 g/mol. The minimum atomic E-state index is -0.822. The van der Waals surface area contributed by atoms with Crippen LogP contribution in [0.4, 0.5) is 11.4 Å². The van der Waals surface area contributed by atoms with Crippen LogP contribution in [0.15, 0.2) is 52.0 Å². The molecule has 0 aliphatic rings. The van der Waals surface area contributed by atoms with E-state index in [0.29, 0.717) is 19.6 Å². The number of amides is 2. The minimum absolute atomic E-state index is 0.361. The van der Waals surface area contributed by atoms with Gasteiger partial charge in [-0.1, -0.05) is 28.1 Å². The molecule has 0 saturated carbocycles. The van der Waals surface area contributed by atoms with Crippen LogP contribution in [0.25, 0.3) is 0 Å². The average molecular weight is 447 g/mol. The van der Waals surface area contributed by atoms with Gasteiger partial charge in [0.1, 0.15) is 0 Å². The third-order valence-electron chi connectivity index (χ3n) is 3.70. The van der Waals surface area contributed by atoms with E-state index in [-0.39, 0.29) is 0 Å². The number of nitrogens with zero attached hydrogens (tertiary/aromatic N) is 1. The standard InChI is InChI=1S/C20H23BrN4O3/c1-14-5-3-6-17(11-14)24-18-8-7-16(21)12-15(18)13-23-25-20(27)19(26)22-9-4-10-28-2/h3,5-8,11-13,24H,4,9-10H2,1-2H3,(H,22,26)(H,25,27)/b23-13-. The predicted molar refractivity (Wildman–Crippen MR) is 114 cm³/mol. The maximum Gasteiger partial charge on any atom is 0.329 e. The number of ether oxygens (including phenoxy) is 1. The zero-order valence-electron chi connectivity index (χ0n) is 15.8. The molecule has 8 heteroatoms. The average Bonchev–Trinajstić information content (AvgIpc) is 2.67. The summed E-state index contributed by atoms with van der Waals surface area (Å²) in [5.74, 6) is -1.56.